The van der Waals surface area contributed by atoms with Crippen LogP contribution in [0.4, 0.5) is 10.1 Å². The number of benzene rings is 2. The van der Waals surface area contributed by atoms with Gasteiger partial charge in [-0.05, 0) is 66.3 Å². The van der Waals surface area contributed by atoms with Crippen LogP contribution in [0.2, 0.25) is 0 Å². The number of hydrogen-bond donors (Lipinski definition) is 1. The van der Waals surface area contributed by atoms with Gasteiger partial charge in [0.05, 0.1) is 22.5 Å². The van der Waals surface area contributed by atoms with Gasteiger partial charge in [-0.25, -0.2) is 4.39 Å². The van der Waals surface area contributed by atoms with Gasteiger partial charge >= 0.3 is 0 Å². The van der Waals surface area contributed by atoms with E-state index in [9.17, 15) is 9.18 Å². The van der Waals surface area contributed by atoms with Gasteiger partial charge in [0.2, 0.25) is 0 Å². The lowest BCUT2D eigenvalue weighted by atomic mass is 10.1. The van der Waals surface area contributed by atoms with Gasteiger partial charge in [-0.15, -0.1) is 0 Å². The third-order valence-electron chi connectivity index (χ3n) is 3.20. The molecule has 0 saturated heterocycles. The standard InChI is InChI=1S/C18H18BrFINO3/c1-3-7-25-17-14(21)8-11(9-16(17)24-4-2)18(23)22-15-6-5-12(19)10-13(15)20/h5-6,8-10H,3-4,7H2,1-2H3,(H,22,23). The van der Waals surface area contributed by atoms with Gasteiger partial charge in [0.15, 0.2) is 11.5 Å². The molecule has 0 heterocycles. The Bertz CT molecular complexity index is 770. The van der Waals surface area contributed by atoms with Crippen molar-refractivity contribution >= 4 is 50.1 Å². The summed E-state index contributed by atoms with van der Waals surface area (Å²) >= 11 is 5.29. The first-order valence-corrected chi connectivity index (χ1v) is 9.69. The highest BCUT2D eigenvalue weighted by molar-refractivity contribution is 14.1. The highest BCUT2D eigenvalue weighted by atomic mass is 127. The van der Waals surface area contributed by atoms with Crippen LogP contribution in [0.15, 0.2) is 34.8 Å². The first-order chi connectivity index (χ1) is 12.0. The van der Waals surface area contributed by atoms with Gasteiger partial charge in [0.1, 0.15) is 5.82 Å². The molecule has 2 rings (SSSR count). The zero-order chi connectivity index (χ0) is 18.4. The maximum atomic E-state index is 13.9. The number of nitrogens with one attached hydrogen (secondary N) is 1. The van der Waals surface area contributed by atoms with E-state index in [1.807, 2.05) is 13.8 Å². The summed E-state index contributed by atoms with van der Waals surface area (Å²) in [5.41, 5.74) is 0.492. The van der Waals surface area contributed by atoms with Crippen molar-refractivity contribution in [3.05, 3.63) is 49.8 Å². The van der Waals surface area contributed by atoms with Gasteiger partial charge in [0, 0.05) is 10.0 Å². The Morgan fingerprint density at radius 3 is 2.64 bits per heavy atom. The quantitative estimate of drug-likeness (QED) is 0.480. The Hall–Kier alpha value is -1.35. The first-order valence-electron chi connectivity index (χ1n) is 7.81. The summed E-state index contributed by atoms with van der Waals surface area (Å²) in [7, 11) is 0. The SMILES string of the molecule is CCCOc1c(I)cc(C(=O)Nc2ccc(Br)cc2F)cc1OCC. The monoisotopic (exact) mass is 521 g/mol. The number of carbonyl (C=O) groups is 1. The van der Waals surface area contributed by atoms with Crippen molar-refractivity contribution < 1.29 is 18.7 Å². The minimum Gasteiger partial charge on any atom is -0.490 e. The van der Waals surface area contributed by atoms with Crippen LogP contribution in [0.5, 0.6) is 11.5 Å². The second kappa shape index (κ2) is 9.38. The van der Waals surface area contributed by atoms with Crippen LogP contribution >= 0.6 is 38.5 Å². The molecule has 0 aromatic heterocycles. The molecule has 0 aliphatic rings. The van der Waals surface area contributed by atoms with Crippen molar-refractivity contribution in [2.45, 2.75) is 20.3 Å². The normalized spacial score (nSPS) is 10.4. The van der Waals surface area contributed by atoms with Crippen LogP contribution in [0.25, 0.3) is 0 Å². The molecule has 2 aromatic carbocycles. The average molecular weight is 522 g/mol. The van der Waals surface area contributed by atoms with Crippen molar-refractivity contribution in [3.8, 4) is 11.5 Å². The molecule has 2 aromatic rings. The van der Waals surface area contributed by atoms with E-state index in [0.29, 0.717) is 34.7 Å². The second-order valence-corrected chi connectivity index (χ2v) is 7.22. The van der Waals surface area contributed by atoms with E-state index in [1.165, 1.54) is 12.1 Å². The molecule has 25 heavy (non-hydrogen) atoms. The lowest BCUT2D eigenvalue weighted by Crippen LogP contribution is -2.14. The summed E-state index contributed by atoms with van der Waals surface area (Å²) < 4.78 is 26.6. The van der Waals surface area contributed by atoms with Gasteiger partial charge in [-0.2, -0.15) is 0 Å². The maximum Gasteiger partial charge on any atom is 0.255 e. The zero-order valence-electron chi connectivity index (χ0n) is 13.9. The average Bonchev–Trinajstić information content (AvgIpc) is 2.56. The number of hydrogen-bond acceptors (Lipinski definition) is 3. The summed E-state index contributed by atoms with van der Waals surface area (Å²) in [6.45, 7) is 4.89. The fourth-order valence-corrected chi connectivity index (χ4v) is 3.18. The summed E-state index contributed by atoms with van der Waals surface area (Å²) in [4.78, 5) is 12.5. The van der Waals surface area contributed by atoms with Crippen LogP contribution in [0.3, 0.4) is 0 Å². The molecule has 0 spiro atoms. The number of amides is 1. The third-order valence-corrected chi connectivity index (χ3v) is 4.50. The van der Waals surface area contributed by atoms with Gasteiger partial charge in [-0.3, -0.25) is 4.79 Å². The van der Waals surface area contributed by atoms with Crippen LogP contribution in [0, 0.1) is 9.39 Å². The first kappa shape index (κ1) is 20.0. The molecular weight excluding hydrogens is 504 g/mol. The van der Waals surface area contributed by atoms with Crippen LogP contribution in [0.1, 0.15) is 30.6 Å². The Morgan fingerprint density at radius 1 is 1.24 bits per heavy atom. The Morgan fingerprint density at radius 2 is 2.00 bits per heavy atom. The molecule has 1 amide bonds. The summed E-state index contributed by atoms with van der Waals surface area (Å²) in [5.74, 6) is 0.201. The van der Waals surface area contributed by atoms with Crippen molar-refractivity contribution in [3.63, 3.8) is 0 Å². The summed E-state index contributed by atoms with van der Waals surface area (Å²) in [6.07, 6.45) is 0.868. The Balaban J connectivity index is 2.29. The molecular formula is C18H18BrFINO3. The largest absolute Gasteiger partial charge is 0.490 e. The number of anilines is 1. The van der Waals surface area contributed by atoms with E-state index in [4.69, 9.17) is 9.47 Å². The summed E-state index contributed by atoms with van der Waals surface area (Å²) in [6, 6.07) is 7.77. The predicted octanol–water partition coefficient (Wildman–Crippen LogP) is 5.63. The molecule has 1 N–H and O–H groups in total. The third kappa shape index (κ3) is 5.31. The van der Waals surface area contributed by atoms with E-state index in [2.05, 4.69) is 43.8 Å². The van der Waals surface area contributed by atoms with Crippen molar-refractivity contribution in [1.82, 2.24) is 0 Å². The van der Waals surface area contributed by atoms with Crippen molar-refractivity contribution in [1.29, 1.82) is 0 Å². The molecule has 4 nitrogen and oxygen atoms in total. The summed E-state index contributed by atoms with van der Waals surface area (Å²) in [5, 5.41) is 2.58. The number of carbonyl (C=O) groups excluding carboxylic acids is 1. The van der Waals surface area contributed by atoms with Gasteiger partial charge < -0.3 is 14.8 Å². The lowest BCUT2D eigenvalue weighted by molar-refractivity contribution is 0.102. The molecule has 0 saturated carbocycles. The smallest absolute Gasteiger partial charge is 0.255 e. The molecule has 0 bridgehead atoms. The van der Waals surface area contributed by atoms with E-state index < -0.39 is 11.7 Å². The van der Waals surface area contributed by atoms with E-state index in [-0.39, 0.29) is 5.69 Å². The number of ether oxygens (including phenoxy) is 2. The molecule has 0 radical (unpaired) electrons. The molecule has 0 aliphatic heterocycles. The van der Waals surface area contributed by atoms with Crippen LogP contribution < -0.4 is 14.8 Å². The van der Waals surface area contributed by atoms with E-state index in [0.717, 1.165) is 9.99 Å². The topological polar surface area (TPSA) is 47.6 Å². The fraction of sp³-hybridized carbons (Fsp3) is 0.278. The van der Waals surface area contributed by atoms with Crippen molar-refractivity contribution in [2.24, 2.45) is 0 Å². The van der Waals surface area contributed by atoms with E-state index in [1.54, 1.807) is 18.2 Å². The van der Waals surface area contributed by atoms with Crippen molar-refractivity contribution in [2.75, 3.05) is 18.5 Å². The van der Waals surface area contributed by atoms with Gasteiger partial charge in [0.25, 0.3) is 5.91 Å². The number of halogens is 3. The highest BCUT2D eigenvalue weighted by Crippen LogP contribution is 2.34. The van der Waals surface area contributed by atoms with E-state index >= 15 is 0 Å². The second-order valence-electron chi connectivity index (χ2n) is 5.15. The maximum absolute atomic E-state index is 13.9. The minimum atomic E-state index is -0.509. The molecule has 0 aliphatic carbocycles. The molecule has 0 atom stereocenters. The molecule has 0 fully saturated rings. The lowest BCUT2D eigenvalue weighted by Gasteiger charge is -2.15. The molecule has 0 unspecified atom stereocenters. The highest BCUT2D eigenvalue weighted by Gasteiger charge is 2.17. The van der Waals surface area contributed by atoms with Crippen LogP contribution in [-0.2, 0) is 0 Å². The predicted molar refractivity (Wildman–Crippen MR) is 108 cm³/mol. The van der Waals surface area contributed by atoms with Gasteiger partial charge in [-0.1, -0.05) is 22.9 Å². The van der Waals surface area contributed by atoms with Crippen LogP contribution in [-0.4, -0.2) is 19.1 Å². The number of rotatable bonds is 7. The molecule has 134 valence electrons. The minimum absolute atomic E-state index is 0.118. The fourth-order valence-electron chi connectivity index (χ4n) is 2.09. The Kier molecular flexibility index (Phi) is 7.49. The molecule has 7 heteroatoms. The Labute approximate surface area is 168 Å². The zero-order valence-corrected chi connectivity index (χ0v) is 17.6.